The Balaban J connectivity index is 1.81. The van der Waals surface area contributed by atoms with Crippen molar-refractivity contribution in [2.75, 3.05) is 6.54 Å². The zero-order valence-electron chi connectivity index (χ0n) is 15.9. The minimum Gasteiger partial charge on any atom is -0.491 e. The maximum absolute atomic E-state index is 12.9. The van der Waals surface area contributed by atoms with E-state index in [4.69, 9.17) is 4.74 Å². The predicted octanol–water partition coefficient (Wildman–Crippen LogP) is 2.30. The molecule has 0 aliphatic carbocycles. The third kappa shape index (κ3) is 3.65. The Hall–Kier alpha value is -2.90. The largest absolute Gasteiger partial charge is 0.491 e. The number of hydrogen-bond acceptors (Lipinski definition) is 5. The molecule has 8 nitrogen and oxygen atoms in total. The lowest BCUT2D eigenvalue weighted by Gasteiger charge is -2.22. The molecule has 1 aromatic carbocycles. The van der Waals surface area contributed by atoms with Gasteiger partial charge in [-0.25, -0.2) is 4.68 Å². The van der Waals surface area contributed by atoms with Gasteiger partial charge < -0.3 is 14.7 Å². The predicted molar refractivity (Wildman–Crippen MR) is 98.1 cm³/mol. The van der Waals surface area contributed by atoms with Gasteiger partial charge in [0.25, 0.3) is 5.91 Å². The summed E-state index contributed by atoms with van der Waals surface area (Å²) in [6.45, 7) is 7.87. The van der Waals surface area contributed by atoms with Crippen LogP contribution < -0.4 is 4.74 Å². The van der Waals surface area contributed by atoms with E-state index in [1.807, 2.05) is 38.1 Å². The molecule has 1 aliphatic heterocycles. The summed E-state index contributed by atoms with van der Waals surface area (Å²) in [5.41, 5.74) is 1.63. The third-order valence-corrected chi connectivity index (χ3v) is 4.88. The van der Waals surface area contributed by atoms with Crippen LogP contribution in [-0.4, -0.2) is 55.6 Å². The average molecular weight is 372 g/mol. The summed E-state index contributed by atoms with van der Waals surface area (Å²) in [5, 5.41) is 17.4. The van der Waals surface area contributed by atoms with E-state index in [1.54, 1.807) is 23.4 Å². The van der Waals surface area contributed by atoms with Crippen molar-refractivity contribution in [2.45, 2.75) is 46.3 Å². The third-order valence-electron chi connectivity index (χ3n) is 4.88. The molecule has 1 N–H and O–H groups in total. The number of ether oxygens (including phenoxy) is 1. The van der Waals surface area contributed by atoms with Crippen LogP contribution in [0.3, 0.4) is 0 Å². The molecule has 2 heterocycles. The van der Waals surface area contributed by atoms with E-state index in [0.717, 1.165) is 11.4 Å². The summed E-state index contributed by atoms with van der Waals surface area (Å²) in [4.78, 5) is 25.7. The first kappa shape index (κ1) is 18.9. The van der Waals surface area contributed by atoms with Gasteiger partial charge in [0, 0.05) is 12.6 Å². The number of carboxylic acid groups (broad SMARTS) is 1. The number of amides is 1. The maximum Gasteiger partial charge on any atom is 0.308 e. The van der Waals surface area contributed by atoms with Crippen molar-refractivity contribution in [3.63, 3.8) is 0 Å². The van der Waals surface area contributed by atoms with Gasteiger partial charge in [0.15, 0.2) is 5.69 Å². The summed E-state index contributed by atoms with van der Waals surface area (Å²) in [6, 6.07) is 7.03. The van der Waals surface area contributed by atoms with Gasteiger partial charge in [-0.05, 0) is 58.4 Å². The Bertz CT molecular complexity index is 844. The molecule has 2 atom stereocenters. The second kappa shape index (κ2) is 7.38. The molecule has 1 fully saturated rings. The summed E-state index contributed by atoms with van der Waals surface area (Å²) in [5.74, 6) is -0.942. The number of carbonyl (C=O) groups excluding carboxylic acids is 1. The first-order chi connectivity index (χ1) is 12.8. The van der Waals surface area contributed by atoms with Gasteiger partial charge >= 0.3 is 5.97 Å². The van der Waals surface area contributed by atoms with Crippen molar-refractivity contribution in [1.82, 2.24) is 19.9 Å². The molecule has 1 aromatic heterocycles. The van der Waals surface area contributed by atoms with Gasteiger partial charge in [0.05, 0.1) is 23.4 Å². The zero-order chi connectivity index (χ0) is 19.7. The number of nitrogens with zero attached hydrogens (tertiary/aromatic N) is 4. The summed E-state index contributed by atoms with van der Waals surface area (Å²) in [6.07, 6.45) is 0.539. The zero-order valence-corrected chi connectivity index (χ0v) is 15.9. The molecular weight excluding hydrogens is 348 g/mol. The van der Waals surface area contributed by atoms with Crippen LogP contribution in [0.25, 0.3) is 5.69 Å². The van der Waals surface area contributed by atoms with Gasteiger partial charge in [0.2, 0.25) is 0 Å². The highest BCUT2D eigenvalue weighted by Crippen LogP contribution is 2.27. The lowest BCUT2D eigenvalue weighted by Crippen LogP contribution is -2.38. The van der Waals surface area contributed by atoms with E-state index in [9.17, 15) is 14.7 Å². The number of hydrogen-bond donors (Lipinski definition) is 1. The fourth-order valence-corrected chi connectivity index (χ4v) is 3.40. The molecule has 1 amide bonds. The molecule has 8 heteroatoms. The van der Waals surface area contributed by atoms with Gasteiger partial charge in [0.1, 0.15) is 5.75 Å². The molecule has 1 aliphatic rings. The first-order valence-corrected chi connectivity index (χ1v) is 9.02. The van der Waals surface area contributed by atoms with Crippen LogP contribution in [0, 0.1) is 12.8 Å². The van der Waals surface area contributed by atoms with Crippen LogP contribution in [-0.2, 0) is 4.79 Å². The number of rotatable bonds is 5. The van der Waals surface area contributed by atoms with Crippen LogP contribution in [0.15, 0.2) is 24.3 Å². The highest BCUT2D eigenvalue weighted by atomic mass is 16.5. The fraction of sp³-hybridized carbons (Fsp3) is 0.474. The summed E-state index contributed by atoms with van der Waals surface area (Å²) < 4.78 is 7.23. The summed E-state index contributed by atoms with van der Waals surface area (Å²) in [7, 11) is 0. The minimum absolute atomic E-state index is 0.0882. The molecule has 144 valence electrons. The number of likely N-dealkylation sites (tertiary alicyclic amines) is 1. The molecule has 3 rings (SSSR count). The molecule has 27 heavy (non-hydrogen) atoms. The molecule has 0 saturated carbocycles. The van der Waals surface area contributed by atoms with Crippen molar-refractivity contribution in [1.29, 1.82) is 0 Å². The van der Waals surface area contributed by atoms with Crippen molar-refractivity contribution < 1.29 is 19.4 Å². The molecule has 1 saturated heterocycles. The van der Waals surface area contributed by atoms with Crippen LogP contribution in [0.2, 0.25) is 0 Å². The van der Waals surface area contributed by atoms with E-state index < -0.39 is 11.9 Å². The normalized spacial score (nSPS) is 19.5. The topological polar surface area (TPSA) is 97.5 Å². The molecule has 0 bridgehead atoms. The van der Waals surface area contributed by atoms with E-state index in [-0.39, 0.29) is 23.7 Å². The van der Waals surface area contributed by atoms with E-state index >= 15 is 0 Å². The second-order valence-electron chi connectivity index (χ2n) is 7.07. The lowest BCUT2D eigenvalue weighted by atomic mass is 10.0. The number of carbonyl (C=O) groups is 2. The van der Waals surface area contributed by atoms with Crippen LogP contribution in [0.5, 0.6) is 5.75 Å². The minimum atomic E-state index is -0.873. The molecule has 0 radical (unpaired) electrons. The van der Waals surface area contributed by atoms with Crippen LogP contribution in [0.1, 0.15) is 43.4 Å². The van der Waals surface area contributed by atoms with E-state index in [2.05, 4.69) is 10.3 Å². The highest BCUT2D eigenvalue weighted by Gasteiger charge is 2.39. The van der Waals surface area contributed by atoms with Crippen molar-refractivity contribution >= 4 is 11.9 Å². The van der Waals surface area contributed by atoms with E-state index in [1.165, 1.54) is 0 Å². The van der Waals surface area contributed by atoms with Crippen LogP contribution in [0.4, 0.5) is 0 Å². The molecule has 2 unspecified atom stereocenters. The Labute approximate surface area is 157 Å². The SMILES string of the molecule is Cc1c(C(=O)N2CCC(C(=O)O)C2C)nnn1-c1ccc(OC(C)C)cc1. The fourth-order valence-electron chi connectivity index (χ4n) is 3.40. The summed E-state index contributed by atoms with van der Waals surface area (Å²) >= 11 is 0. The van der Waals surface area contributed by atoms with Gasteiger partial charge in [-0.1, -0.05) is 5.21 Å². The number of benzene rings is 1. The average Bonchev–Trinajstić information content (AvgIpc) is 3.18. The second-order valence-corrected chi connectivity index (χ2v) is 7.07. The molecule has 0 spiro atoms. The quantitative estimate of drug-likeness (QED) is 0.865. The Morgan fingerprint density at radius 2 is 1.93 bits per heavy atom. The van der Waals surface area contributed by atoms with Gasteiger partial charge in [-0.15, -0.1) is 5.10 Å². The highest BCUT2D eigenvalue weighted by molar-refractivity contribution is 5.94. The smallest absolute Gasteiger partial charge is 0.308 e. The molecular formula is C19H24N4O4. The van der Waals surface area contributed by atoms with Crippen molar-refractivity contribution in [3.05, 3.63) is 35.7 Å². The number of carboxylic acids is 1. The Morgan fingerprint density at radius 1 is 1.26 bits per heavy atom. The van der Waals surface area contributed by atoms with Gasteiger partial charge in [-0.2, -0.15) is 0 Å². The molecule has 2 aromatic rings. The lowest BCUT2D eigenvalue weighted by molar-refractivity contribution is -0.142. The van der Waals surface area contributed by atoms with E-state index in [0.29, 0.717) is 18.7 Å². The first-order valence-electron chi connectivity index (χ1n) is 9.02. The monoisotopic (exact) mass is 372 g/mol. The van der Waals surface area contributed by atoms with Gasteiger partial charge in [-0.3, -0.25) is 9.59 Å². The standard InChI is InChI=1S/C19H24N4O4/c1-11(2)27-15-7-5-14(6-8-15)23-13(4)17(20-21-23)18(24)22-10-9-16(12(22)3)19(25)26/h5-8,11-12,16H,9-10H2,1-4H3,(H,25,26). The number of aromatic nitrogens is 3. The Morgan fingerprint density at radius 3 is 2.48 bits per heavy atom. The Kier molecular flexibility index (Phi) is 5.16. The van der Waals surface area contributed by atoms with Crippen LogP contribution >= 0.6 is 0 Å². The van der Waals surface area contributed by atoms with Crippen molar-refractivity contribution in [3.8, 4) is 11.4 Å². The van der Waals surface area contributed by atoms with Crippen molar-refractivity contribution in [2.24, 2.45) is 5.92 Å². The number of aliphatic carboxylic acids is 1. The maximum atomic E-state index is 12.9.